The highest BCUT2D eigenvalue weighted by atomic mass is 32.1. The van der Waals surface area contributed by atoms with Crippen molar-refractivity contribution in [3.63, 3.8) is 0 Å². The van der Waals surface area contributed by atoms with E-state index >= 15 is 0 Å². The van der Waals surface area contributed by atoms with Crippen LogP contribution >= 0.6 is 11.5 Å². The minimum absolute atomic E-state index is 0.133. The zero-order valence-electron chi connectivity index (χ0n) is 18.0. The van der Waals surface area contributed by atoms with E-state index in [4.69, 9.17) is 4.74 Å². The Hall–Kier alpha value is -3.08. The molecule has 0 aliphatic heterocycles. The number of anilines is 2. The van der Waals surface area contributed by atoms with Crippen LogP contribution in [0.5, 0.6) is 5.75 Å². The van der Waals surface area contributed by atoms with E-state index in [1.165, 1.54) is 11.5 Å². The first-order chi connectivity index (χ1) is 15.5. The molecule has 0 radical (unpaired) electrons. The van der Waals surface area contributed by atoms with Gasteiger partial charge in [-0.1, -0.05) is 0 Å². The van der Waals surface area contributed by atoms with Gasteiger partial charge in [0, 0.05) is 24.5 Å². The summed E-state index contributed by atoms with van der Waals surface area (Å²) in [6.07, 6.45) is 8.47. The summed E-state index contributed by atoms with van der Waals surface area (Å²) in [6.45, 7) is 1.87. The molecule has 10 nitrogen and oxygen atoms in total. The summed E-state index contributed by atoms with van der Waals surface area (Å²) in [5, 5.41) is 17.7. The van der Waals surface area contributed by atoms with Crippen molar-refractivity contribution in [2.75, 3.05) is 5.32 Å². The molecule has 2 fully saturated rings. The average Bonchev–Trinajstić information content (AvgIpc) is 3.42. The van der Waals surface area contributed by atoms with E-state index in [0.29, 0.717) is 36.0 Å². The number of hydrogen-bond donors (Lipinski definition) is 2. The minimum atomic E-state index is -0.752. The van der Waals surface area contributed by atoms with Gasteiger partial charge < -0.3 is 15.2 Å². The standard InChI is InChI=1S/C21H25N7O3S/c1-11-16(31-14-5-3-4-13(8-14)20(29)30)10-22-18(24-11)15-9-23-28(2)19(15)26-21-25-17(27-32-21)12-6-7-12/h9-10,12-14H,3-8H2,1-2H3,(H,29,30)(H,25,26,27)/t13-,14-/m0/s1. The Morgan fingerprint density at radius 3 is 2.84 bits per heavy atom. The lowest BCUT2D eigenvalue weighted by Gasteiger charge is -2.27. The summed E-state index contributed by atoms with van der Waals surface area (Å²) in [6, 6.07) is 0. The van der Waals surface area contributed by atoms with Gasteiger partial charge in [-0.15, -0.1) is 0 Å². The Balaban J connectivity index is 1.33. The van der Waals surface area contributed by atoms with Gasteiger partial charge in [-0.3, -0.25) is 9.48 Å². The van der Waals surface area contributed by atoms with E-state index in [9.17, 15) is 9.90 Å². The normalized spacial score (nSPS) is 20.8. The summed E-state index contributed by atoms with van der Waals surface area (Å²) < 4.78 is 12.2. The first kappa shape index (κ1) is 20.8. The second-order valence-corrected chi connectivity index (χ2v) is 9.22. The Bertz CT molecular complexity index is 1140. The number of carboxylic acid groups (broad SMARTS) is 1. The smallest absolute Gasteiger partial charge is 0.306 e. The van der Waals surface area contributed by atoms with Crippen LogP contribution in [-0.2, 0) is 11.8 Å². The molecule has 0 bridgehead atoms. The summed E-state index contributed by atoms with van der Waals surface area (Å²) in [5.74, 6) is 2.17. The summed E-state index contributed by atoms with van der Waals surface area (Å²) in [7, 11) is 1.85. The summed E-state index contributed by atoms with van der Waals surface area (Å²) in [5.41, 5.74) is 1.46. The van der Waals surface area contributed by atoms with Crippen LogP contribution in [0.3, 0.4) is 0 Å². The van der Waals surface area contributed by atoms with Gasteiger partial charge in [0.25, 0.3) is 0 Å². The molecule has 0 amide bonds. The maximum atomic E-state index is 11.3. The zero-order valence-corrected chi connectivity index (χ0v) is 18.8. The monoisotopic (exact) mass is 455 g/mol. The van der Waals surface area contributed by atoms with Crippen molar-refractivity contribution in [2.24, 2.45) is 13.0 Å². The molecule has 5 rings (SSSR count). The van der Waals surface area contributed by atoms with Crippen LogP contribution in [0.1, 0.15) is 56.0 Å². The summed E-state index contributed by atoms with van der Waals surface area (Å²) >= 11 is 1.34. The highest BCUT2D eigenvalue weighted by Crippen LogP contribution is 2.40. The van der Waals surface area contributed by atoms with Gasteiger partial charge >= 0.3 is 5.97 Å². The number of carbonyl (C=O) groups is 1. The average molecular weight is 456 g/mol. The molecule has 168 valence electrons. The van der Waals surface area contributed by atoms with E-state index in [0.717, 1.165) is 48.0 Å². The molecule has 3 aromatic rings. The van der Waals surface area contributed by atoms with Crippen molar-refractivity contribution >= 4 is 28.5 Å². The molecule has 2 aliphatic carbocycles. The number of aryl methyl sites for hydroxylation is 2. The largest absolute Gasteiger partial charge is 0.487 e. The van der Waals surface area contributed by atoms with Crippen LogP contribution in [0.15, 0.2) is 12.4 Å². The van der Waals surface area contributed by atoms with Crippen LogP contribution in [0.2, 0.25) is 0 Å². The molecule has 3 heterocycles. The lowest BCUT2D eigenvalue weighted by Crippen LogP contribution is -2.29. The Kier molecular flexibility index (Phi) is 5.50. The van der Waals surface area contributed by atoms with Crippen molar-refractivity contribution in [1.82, 2.24) is 29.1 Å². The third-order valence-corrected chi connectivity index (χ3v) is 6.64. The lowest BCUT2D eigenvalue weighted by atomic mass is 9.87. The first-order valence-electron chi connectivity index (χ1n) is 10.8. The highest BCUT2D eigenvalue weighted by molar-refractivity contribution is 7.09. The topological polar surface area (TPSA) is 128 Å². The van der Waals surface area contributed by atoms with Gasteiger partial charge in [0.2, 0.25) is 5.13 Å². The number of carboxylic acids is 1. The van der Waals surface area contributed by atoms with Crippen LogP contribution in [-0.4, -0.2) is 46.3 Å². The second-order valence-electron chi connectivity index (χ2n) is 8.47. The van der Waals surface area contributed by atoms with Gasteiger partial charge in [-0.25, -0.2) is 15.0 Å². The van der Waals surface area contributed by atoms with E-state index < -0.39 is 5.97 Å². The fourth-order valence-corrected chi connectivity index (χ4v) is 4.65. The molecule has 0 unspecified atom stereocenters. The zero-order chi connectivity index (χ0) is 22.2. The van der Waals surface area contributed by atoms with E-state index in [2.05, 4.69) is 29.7 Å². The molecule has 2 N–H and O–H groups in total. The Labute approximate surface area is 189 Å². The Morgan fingerprint density at radius 2 is 2.09 bits per heavy atom. The Morgan fingerprint density at radius 1 is 1.25 bits per heavy atom. The number of nitrogens with zero attached hydrogens (tertiary/aromatic N) is 6. The van der Waals surface area contributed by atoms with Crippen LogP contribution in [0.25, 0.3) is 11.4 Å². The fourth-order valence-electron chi connectivity index (χ4n) is 4.00. The van der Waals surface area contributed by atoms with Crippen LogP contribution in [0, 0.1) is 12.8 Å². The molecule has 3 aromatic heterocycles. The van der Waals surface area contributed by atoms with Gasteiger partial charge in [0.1, 0.15) is 11.6 Å². The van der Waals surface area contributed by atoms with Crippen molar-refractivity contribution in [3.05, 3.63) is 23.9 Å². The number of hydrogen-bond acceptors (Lipinski definition) is 9. The molecule has 0 spiro atoms. The molecule has 11 heteroatoms. The molecule has 2 saturated carbocycles. The minimum Gasteiger partial charge on any atom is -0.487 e. The molecule has 0 saturated heterocycles. The van der Waals surface area contributed by atoms with Crippen molar-refractivity contribution < 1.29 is 14.6 Å². The molecular weight excluding hydrogens is 430 g/mol. The van der Waals surface area contributed by atoms with Gasteiger partial charge in [0.15, 0.2) is 11.6 Å². The number of aromatic nitrogens is 6. The SMILES string of the molecule is Cc1nc(-c2cnn(C)c2Nc2nc(C3CC3)ns2)ncc1O[C@H]1CCC[C@H](C(=O)O)C1. The van der Waals surface area contributed by atoms with Crippen molar-refractivity contribution in [1.29, 1.82) is 0 Å². The number of aliphatic carboxylic acids is 1. The van der Waals surface area contributed by atoms with Crippen molar-refractivity contribution in [3.8, 4) is 17.1 Å². The molecule has 32 heavy (non-hydrogen) atoms. The summed E-state index contributed by atoms with van der Waals surface area (Å²) in [4.78, 5) is 25.1. The van der Waals surface area contributed by atoms with Gasteiger partial charge in [-0.2, -0.15) is 9.47 Å². The van der Waals surface area contributed by atoms with E-state index in [-0.39, 0.29) is 12.0 Å². The van der Waals surface area contributed by atoms with E-state index in [1.54, 1.807) is 17.1 Å². The van der Waals surface area contributed by atoms with E-state index in [1.807, 2.05) is 14.0 Å². The predicted molar refractivity (Wildman–Crippen MR) is 118 cm³/mol. The number of nitrogens with one attached hydrogen (secondary N) is 1. The molecule has 2 atom stereocenters. The van der Waals surface area contributed by atoms with Gasteiger partial charge in [-0.05, 0) is 45.4 Å². The van der Waals surface area contributed by atoms with Crippen LogP contribution < -0.4 is 10.1 Å². The van der Waals surface area contributed by atoms with Crippen molar-refractivity contribution in [2.45, 2.75) is 57.5 Å². The molecular formula is C21H25N7O3S. The van der Waals surface area contributed by atoms with Crippen LogP contribution in [0.4, 0.5) is 10.9 Å². The molecule has 0 aromatic carbocycles. The molecule has 2 aliphatic rings. The quantitative estimate of drug-likeness (QED) is 0.548. The van der Waals surface area contributed by atoms with Gasteiger partial charge in [0.05, 0.1) is 35.7 Å². The maximum Gasteiger partial charge on any atom is 0.306 e. The number of ether oxygens (including phenoxy) is 1. The maximum absolute atomic E-state index is 11.3. The number of rotatable bonds is 7. The highest BCUT2D eigenvalue weighted by Gasteiger charge is 2.29. The first-order valence-corrected chi connectivity index (χ1v) is 11.6. The third-order valence-electron chi connectivity index (χ3n) is 5.99. The third kappa shape index (κ3) is 4.29. The lowest BCUT2D eigenvalue weighted by molar-refractivity contribution is -0.143. The second kappa shape index (κ2) is 8.45. The predicted octanol–water partition coefficient (Wildman–Crippen LogP) is 3.68. The fraction of sp³-hybridized carbons (Fsp3) is 0.524.